The number of hydrogen-bond acceptors (Lipinski definition) is 2. The van der Waals surface area contributed by atoms with Gasteiger partial charge in [-0.05, 0) is 18.2 Å². The standard InChI is InChI=1S/C10H16O3SSi.H2O/c1-15(2,3)8-9-4-6-10(7-5-9)14(11,12)13;/h4-7H,8H2,1-3H3,(H,11,12,13);1H2. The van der Waals surface area contributed by atoms with E-state index in [0.717, 1.165) is 11.6 Å². The first-order valence-electron chi connectivity index (χ1n) is 4.75. The van der Waals surface area contributed by atoms with Crippen molar-refractivity contribution < 1.29 is 18.4 Å². The van der Waals surface area contributed by atoms with Crippen LogP contribution < -0.4 is 0 Å². The minimum absolute atomic E-state index is 0. The van der Waals surface area contributed by atoms with Crippen LogP contribution in [0.2, 0.25) is 19.6 Å². The van der Waals surface area contributed by atoms with Gasteiger partial charge in [-0.3, -0.25) is 4.55 Å². The lowest BCUT2D eigenvalue weighted by molar-refractivity contribution is 0.483. The van der Waals surface area contributed by atoms with Crippen molar-refractivity contribution in [3.05, 3.63) is 29.8 Å². The molecule has 0 spiro atoms. The summed E-state index contributed by atoms with van der Waals surface area (Å²) < 4.78 is 30.4. The van der Waals surface area contributed by atoms with E-state index in [1.54, 1.807) is 12.1 Å². The summed E-state index contributed by atoms with van der Waals surface area (Å²) in [5.41, 5.74) is 1.13. The van der Waals surface area contributed by atoms with Crippen LogP contribution in [0.15, 0.2) is 29.2 Å². The van der Waals surface area contributed by atoms with Gasteiger partial charge >= 0.3 is 0 Å². The van der Waals surface area contributed by atoms with Crippen molar-refractivity contribution in [2.75, 3.05) is 0 Å². The van der Waals surface area contributed by atoms with Gasteiger partial charge in [0.25, 0.3) is 10.1 Å². The van der Waals surface area contributed by atoms with Crippen molar-refractivity contribution in [2.45, 2.75) is 30.6 Å². The summed E-state index contributed by atoms with van der Waals surface area (Å²) in [6.07, 6.45) is 0. The maximum absolute atomic E-state index is 10.8. The van der Waals surface area contributed by atoms with Crippen LogP contribution in [0.1, 0.15) is 5.56 Å². The number of hydrogen-bond donors (Lipinski definition) is 1. The Kier molecular flexibility index (Phi) is 4.87. The molecule has 4 nitrogen and oxygen atoms in total. The summed E-state index contributed by atoms with van der Waals surface area (Å²) in [5, 5.41) is 0. The van der Waals surface area contributed by atoms with Crippen LogP contribution in [-0.4, -0.2) is 26.5 Å². The summed E-state index contributed by atoms with van der Waals surface area (Å²) in [4.78, 5) is -0.0400. The van der Waals surface area contributed by atoms with Crippen molar-refractivity contribution in [3.8, 4) is 0 Å². The normalized spacial score (nSPS) is 12.0. The second-order valence-corrected chi connectivity index (χ2v) is 11.8. The molecule has 0 atom stereocenters. The Balaban J connectivity index is 0.00000225. The molecule has 92 valence electrons. The van der Waals surface area contributed by atoms with E-state index in [9.17, 15) is 8.42 Å². The quantitative estimate of drug-likeness (QED) is 0.662. The van der Waals surface area contributed by atoms with Gasteiger partial charge in [-0.2, -0.15) is 8.42 Å². The van der Waals surface area contributed by atoms with Crippen molar-refractivity contribution in [1.82, 2.24) is 0 Å². The van der Waals surface area contributed by atoms with Crippen molar-refractivity contribution in [2.24, 2.45) is 0 Å². The monoisotopic (exact) mass is 262 g/mol. The maximum atomic E-state index is 10.8. The van der Waals surface area contributed by atoms with Gasteiger partial charge in [0, 0.05) is 8.07 Å². The molecule has 1 aromatic rings. The van der Waals surface area contributed by atoms with E-state index in [4.69, 9.17) is 4.55 Å². The molecule has 3 N–H and O–H groups in total. The van der Waals surface area contributed by atoms with Crippen LogP contribution in [0, 0.1) is 0 Å². The summed E-state index contributed by atoms with van der Waals surface area (Å²) in [6, 6.07) is 7.44. The first kappa shape index (κ1) is 15.3. The Labute approximate surface area is 97.4 Å². The van der Waals surface area contributed by atoms with E-state index in [0.29, 0.717) is 0 Å². The third-order valence-corrected chi connectivity index (χ3v) is 4.29. The first-order chi connectivity index (χ1) is 6.68. The average molecular weight is 262 g/mol. The van der Waals surface area contributed by atoms with Gasteiger partial charge in [0.2, 0.25) is 0 Å². The van der Waals surface area contributed by atoms with E-state index in [1.807, 2.05) is 0 Å². The van der Waals surface area contributed by atoms with Crippen LogP contribution in [0.5, 0.6) is 0 Å². The fraction of sp³-hybridized carbons (Fsp3) is 0.400. The van der Waals surface area contributed by atoms with Gasteiger partial charge < -0.3 is 5.48 Å². The molecule has 0 bridgehead atoms. The van der Waals surface area contributed by atoms with Crippen LogP contribution in [-0.2, 0) is 16.2 Å². The van der Waals surface area contributed by atoms with E-state index in [1.165, 1.54) is 12.1 Å². The molecule has 6 heteroatoms. The van der Waals surface area contributed by atoms with Gasteiger partial charge in [-0.1, -0.05) is 37.3 Å². The van der Waals surface area contributed by atoms with Gasteiger partial charge in [-0.25, -0.2) is 0 Å². The minimum Gasteiger partial charge on any atom is -0.412 e. The lowest BCUT2D eigenvalue weighted by Gasteiger charge is -2.15. The van der Waals surface area contributed by atoms with Crippen molar-refractivity contribution in [1.29, 1.82) is 0 Å². The molecule has 0 aliphatic carbocycles. The second-order valence-electron chi connectivity index (χ2n) is 4.86. The molecule has 0 saturated carbocycles. The topological polar surface area (TPSA) is 85.9 Å². The van der Waals surface area contributed by atoms with Crippen molar-refractivity contribution in [3.63, 3.8) is 0 Å². The third-order valence-electron chi connectivity index (χ3n) is 1.96. The highest BCUT2D eigenvalue weighted by atomic mass is 32.2. The number of benzene rings is 1. The van der Waals surface area contributed by atoms with Gasteiger partial charge in [0.15, 0.2) is 0 Å². The van der Waals surface area contributed by atoms with Gasteiger partial charge in [0.05, 0.1) is 4.90 Å². The molecule has 0 fully saturated rings. The molecule has 1 aromatic carbocycles. The largest absolute Gasteiger partial charge is 0.412 e. The zero-order valence-corrected chi connectivity index (χ0v) is 11.5. The molecule has 0 aliphatic rings. The average Bonchev–Trinajstić information content (AvgIpc) is 2.00. The zero-order valence-electron chi connectivity index (χ0n) is 9.69. The molecular weight excluding hydrogens is 244 g/mol. The SMILES string of the molecule is C[Si](C)(C)Cc1ccc(S(=O)(=O)O)cc1.O. The van der Waals surface area contributed by atoms with E-state index >= 15 is 0 Å². The van der Waals surface area contributed by atoms with Crippen LogP contribution >= 0.6 is 0 Å². The summed E-state index contributed by atoms with van der Waals surface area (Å²) >= 11 is 0. The Bertz CT molecular complexity index is 431. The molecule has 0 aromatic heterocycles. The molecule has 0 unspecified atom stereocenters. The van der Waals surface area contributed by atoms with E-state index in [2.05, 4.69) is 19.6 Å². The third kappa shape index (κ3) is 4.89. The Morgan fingerprint density at radius 3 is 1.88 bits per heavy atom. The van der Waals surface area contributed by atoms with Crippen LogP contribution in [0.25, 0.3) is 0 Å². The maximum Gasteiger partial charge on any atom is 0.294 e. The van der Waals surface area contributed by atoms with E-state index in [-0.39, 0.29) is 10.4 Å². The van der Waals surface area contributed by atoms with Gasteiger partial charge in [0.1, 0.15) is 0 Å². The summed E-state index contributed by atoms with van der Waals surface area (Å²) in [7, 11) is -5.23. The Morgan fingerprint density at radius 2 is 1.56 bits per heavy atom. The zero-order chi connectivity index (χ0) is 11.7. The smallest absolute Gasteiger partial charge is 0.294 e. The summed E-state index contributed by atoms with van der Waals surface area (Å²) in [5.74, 6) is 0. The molecule has 0 amide bonds. The fourth-order valence-corrected chi connectivity index (χ4v) is 3.33. The highest BCUT2D eigenvalue weighted by Gasteiger charge is 2.14. The van der Waals surface area contributed by atoms with E-state index < -0.39 is 18.2 Å². The molecular formula is C10H18O4SSi. The molecule has 0 heterocycles. The Hall–Kier alpha value is -0.693. The fourth-order valence-electron chi connectivity index (χ4n) is 1.39. The van der Waals surface area contributed by atoms with Crippen molar-refractivity contribution >= 4 is 18.2 Å². The molecule has 0 aliphatic heterocycles. The first-order valence-corrected chi connectivity index (χ1v) is 9.90. The lowest BCUT2D eigenvalue weighted by Crippen LogP contribution is -2.23. The molecule has 1 rings (SSSR count). The Morgan fingerprint density at radius 1 is 1.12 bits per heavy atom. The highest BCUT2D eigenvalue weighted by molar-refractivity contribution is 7.85. The highest BCUT2D eigenvalue weighted by Crippen LogP contribution is 2.14. The minimum atomic E-state index is -4.05. The van der Waals surface area contributed by atoms with Crippen LogP contribution in [0.3, 0.4) is 0 Å². The predicted molar refractivity (Wildman–Crippen MR) is 66.9 cm³/mol. The second kappa shape index (κ2) is 5.09. The van der Waals surface area contributed by atoms with Crippen LogP contribution in [0.4, 0.5) is 0 Å². The number of rotatable bonds is 3. The molecule has 16 heavy (non-hydrogen) atoms. The molecule has 0 radical (unpaired) electrons. The lowest BCUT2D eigenvalue weighted by atomic mass is 10.2. The molecule has 0 saturated heterocycles. The summed E-state index contributed by atoms with van der Waals surface area (Å²) in [6.45, 7) is 6.76. The van der Waals surface area contributed by atoms with Gasteiger partial charge in [-0.15, -0.1) is 0 Å². The predicted octanol–water partition coefficient (Wildman–Crippen LogP) is 1.53.